The van der Waals surface area contributed by atoms with Crippen molar-refractivity contribution < 1.29 is 14.3 Å². The molecule has 0 unspecified atom stereocenters. The van der Waals surface area contributed by atoms with Gasteiger partial charge in [0.2, 0.25) is 5.91 Å². The van der Waals surface area contributed by atoms with E-state index in [-0.39, 0.29) is 31.3 Å². The Morgan fingerprint density at radius 2 is 1.73 bits per heavy atom. The maximum atomic E-state index is 13.4. The summed E-state index contributed by atoms with van der Waals surface area (Å²) in [5.41, 5.74) is 3.61. The zero-order valence-corrected chi connectivity index (χ0v) is 17.2. The largest absolute Gasteiger partial charge is 0.396 e. The number of amides is 1. The van der Waals surface area contributed by atoms with Gasteiger partial charge in [-0.2, -0.15) is 0 Å². The van der Waals surface area contributed by atoms with Gasteiger partial charge in [0.1, 0.15) is 18.2 Å². The van der Waals surface area contributed by atoms with Gasteiger partial charge in [0.15, 0.2) is 0 Å². The second-order valence-corrected chi connectivity index (χ2v) is 7.30. The maximum Gasteiger partial charge on any atom is 0.257 e. The Balaban J connectivity index is 2.02. The van der Waals surface area contributed by atoms with E-state index in [1.165, 1.54) is 28.8 Å². The van der Waals surface area contributed by atoms with Gasteiger partial charge in [0, 0.05) is 35.5 Å². The Morgan fingerprint density at radius 3 is 2.33 bits per heavy atom. The molecular weight excluding hydrogens is 385 g/mol. The van der Waals surface area contributed by atoms with Gasteiger partial charge in [0.25, 0.3) is 5.56 Å². The molecule has 0 saturated heterocycles. The van der Waals surface area contributed by atoms with Crippen LogP contribution in [0.3, 0.4) is 0 Å². The zero-order chi connectivity index (χ0) is 21.8. The van der Waals surface area contributed by atoms with E-state index in [1.54, 1.807) is 6.92 Å². The molecule has 0 spiro atoms. The van der Waals surface area contributed by atoms with Crippen LogP contribution in [0.15, 0.2) is 47.3 Å². The molecule has 1 amide bonds. The zero-order valence-electron chi connectivity index (χ0n) is 17.2. The molecule has 6 nitrogen and oxygen atoms in total. The average Bonchev–Trinajstić information content (AvgIpc) is 2.67. The van der Waals surface area contributed by atoms with Gasteiger partial charge in [-0.1, -0.05) is 6.07 Å². The predicted molar refractivity (Wildman–Crippen MR) is 114 cm³/mol. The Hall–Kier alpha value is -3.32. The lowest BCUT2D eigenvalue weighted by Gasteiger charge is -2.16. The summed E-state index contributed by atoms with van der Waals surface area (Å²) in [5, 5.41) is 12.1. The number of aliphatic hydroxyl groups excluding tert-OH is 1. The fraction of sp³-hybridized carbons (Fsp3) is 0.261. The lowest BCUT2D eigenvalue weighted by molar-refractivity contribution is -0.116. The van der Waals surface area contributed by atoms with E-state index in [9.17, 15) is 19.1 Å². The normalized spacial score (nSPS) is 10.8. The molecule has 0 bridgehead atoms. The van der Waals surface area contributed by atoms with Crippen LogP contribution < -0.4 is 10.9 Å². The van der Waals surface area contributed by atoms with Gasteiger partial charge in [-0.05, 0) is 68.3 Å². The van der Waals surface area contributed by atoms with Crippen molar-refractivity contribution in [2.45, 2.75) is 33.7 Å². The second kappa shape index (κ2) is 9.00. The summed E-state index contributed by atoms with van der Waals surface area (Å²) in [5.74, 6) is -0.519. The molecule has 2 N–H and O–H groups in total. The van der Waals surface area contributed by atoms with Crippen molar-refractivity contribution >= 4 is 11.6 Å². The van der Waals surface area contributed by atoms with E-state index < -0.39 is 11.4 Å². The standard InChI is InChI=1S/C23H24FN3O3/c1-14-10-15(2)12-19(11-14)26-21(29)13-27-22(17-4-6-18(24)7-5-17)25-16(3)20(8-9-28)23(27)30/h4-7,10-12,28H,8-9,13H2,1-3H3,(H,26,29). The Bertz CT molecular complexity index is 1120. The van der Waals surface area contributed by atoms with Crippen LogP contribution in [-0.4, -0.2) is 27.2 Å². The van der Waals surface area contributed by atoms with Crippen molar-refractivity contribution in [3.63, 3.8) is 0 Å². The van der Waals surface area contributed by atoms with Crippen molar-refractivity contribution in [1.82, 2.24) is 9.55 Å². The van der Waals surface area contributed by atoms with Crippen LogP contribution in [0.2, 0.25) is 0 Å². The summed E-state index contributed by atoms with van der Waals surface area (Å²) in [6, 6.07) is 11.3. The van der Waals surface area contributed by atoms with Gasteiger partial charge >= 0.3 is 0 Å². The lowest BCUT2D eigenvalue weighted by Crippen LogP contribution is -2.33. The Kier molecular flexibility index (Phi) is 6.42. The van der Waals surface area contributed by atoms with E-state index in [2.05, 4.69) is 10.3 Å². The van der Waals surface area contributed by atoms with Gasteiger partial charge < -0.3 is 10.4 Å². The number of hydrogen-bond acceptors (Lipinski definition) is 4. The highest BCUT2D eigenvalue weighted by Crippen LogP contribution is 2.19. The molecule has 0 aliphatic heterocycles. The number of aryl methyl sites for hydroxylation is 3. The summed E-state index contributed by atoms with van der Waals surface area (Å²) in [4.78, 5) is 30.3. The average molecular weight is 409 g/mol. The minimum Gasteiger partial charge on any atom is -0.396 e. The minimum absolute atomic E-state index is 0.139. The van der Waals surface area contributed by atoms with Crippen LogP contribution in [0.5, 0.6) is 0 Å². The minimum atomic E-state index is -0.408. The number of hydrogen-bond donors (Lipinski definition) is 2. The van der Waals surface area contributed by atoms with Crippen molar-refractivity contribution in [3.8, 4) is 11.4 Å². The molecule has 0 aliphatic rings. The Labute approximate surface area is 174 Å². The smallest absolute Gasteiger partial charge is 0.257 e. The van der Waals surface area contributed by atoms with Crippen LogP contribution in [0, 0.1) is 26.6 Å². The molecule has 30 heavy (non-hydrogen) atoms. The predicted octanol–water partition coefficient (Wildman–Crippen LogP) is 3.15. The summed E-state index contributed by atoms with van der Waals surface area (Å²) in [7, 11) is 0. The fourth-order valence-electron chi connectivity index (χ4n) is 3.46. The highest BCUT2D eigenvalue weighted by Gasteiger charge is 2.18. The number of nitrogens with one attached hydrogen (secondary N) is 1. The second-order valence-electron chi connectivity index (χ2n) is 7.30. The fourth-order valence-corrected chi connectivity index (χ4v) is 3.46. The van der Waals surface area contributed by atoms with Gasteiger partial charge in [0.05, 0.1) is 0 Å². The number of carbonyl (C=O) groups excluding carboxylic acids is 1. The van der Waals surface area contributed by atoms with Crippen LogP contribution in [0.4, 0.5) is 10.1 Å². The molecule has 1 heterocycles. The number of rotatable bonds is 6. The third-order valence-corrected chi connectivity index (χ3v) is 4.74. The van der Waals surface area contributed by atoms with E-state index in [4.69, 9.17) is 0 Å². The van der Waals surface area contributed by atoms with Crippen LogP contribution in [0.1, 0.15) is 22.4 Å². The van der Waals surface area contributed by atoms with Gasteiger partial charge in [-0.3, -0.25) is 14.2 Å². The molecule has 0 fully saturated rings. The Morgan fingerprint density at radius 1 is 1.10 bits per heavy atom. The molecule has 0 aliphatic carbocycles. The van der Waals surface area contributed by atoms with E-state index in [0.29, 0.717) is 22.5 Å². The summed E-state index contributed by atoms with van der Waals surface area (Å²) < 4.78 is 14.6. The number of benzene rings is 2. The first-order valence-corrected chi connectivity index (χ1v) is 9.63. The first-order chi connectivity index (χ1) is 14.3. The topological polar surface area (TPSA) is 84.2 Å². The first-order valence-electron chi connectivity index (χ1n) is 9.63. The van der Waals surface area contributed by atoms with Crippen molar-refractivity contribution in [1.29, 1.82) is 0 Å². The summed E-state index contributed by atoms with van der Waals surface area (Å²) >= 11 is 0. The number of carbonyl (C=O) groups is 1. The number of aromatic nitrogens is 2. The maximum absolute atomic E-state index is 13.4. The molecule has 3 rings (SSSR count). The number of nitrogens with zero attached hydrogens (tertiary/aromatic N) is 2. The monoisotopic (exact) mass is 409 g/mol. The van der Waals surface area contributed by atoms with Crippen LogP contribution >= 0.6 is 0 Å². The molecular formula is C23H24FN3O3. The van der Waals surface area contributed by atoms with Crippen molar-refractivity contribution in [2.24, 2.45) is 0 Å². The number of aliphatic hydroxyl groups is 1. The van der Waals surface area contributed by atoms with Crippen LogP contribution in [0.25, 0.3) is 11.4 Å². The van der Waals surface area contributed by atoms with E-state index >= 15 is 0 Å². The third-order valence-electron chi connectivity index (χ3n) is 4.74. The molecule has 156 valence electrons. The highest BCUT2D eigenvalue weighted by molar-refractivity contribution is 5.91. The number of anilines is 1. The van der Waals surface area contributed by atoms with E-state index in [1.807, 2.05) is 32.0 Å². The molecule has 0 atom stereocenters. The SMILES string of the molecule is Cc1cc(C)cc(NC(=O)Cn2c(-c3ccc(F)cc3)nc(C)c(CCO)c2=O)c1. The lowest BCUT2D eigenvalue weighted by atomic mass is 10.1. The summed E-state index contributed by atoms with van der Waals surface area (Å²) in [6.07, 6.45) is 0.139. The molecule has 2 aromatic carbocycles. The molecule has 3 aromatic rings. The molecule has 7 heteroatoms. The molecule has 1 aromatic heterocycles. The number of halogens is 1. The van der Waals surface area contributed by atoms with Crippen molar-refractivity contribution in [3.05, 3.63) is 81.0 Å². The third kappa shape index (κ3) is 4.80. The van der Waals surface area contributed by atoms with Crippen LogP contribution in [-0.2, 0) is 17.8 Å². The molecule has 0 saturated carbocycles. The van der Waals surface area contributed by atoms with Crippen molar-refractivity contribution in [2.75, 3.05) is 11.9 Å². The highest BCUT2D eigenvalue weighted by atomic mass is 19.1. The quantitative estimate of drug-likeness (QED) is 0.655. The molecule has 0 radical (unpaired) electrons. The summed E-state index contributed by atoms with van der Waals surface area (Å²) in [6.45, 7) is 5.09. The van der Waals surface area contributed by atoms with Gasteiger partial charge in [-0.15, -0.1) is 0 Å². The first kappa shape index (κ1) is 21.4. The van der Waals surface area contributed by atoms with E-state index in [0.717, 1.165) is 11.1 Å². The van der Waals surface area contributed by atoms with Gasteiger partial charge in [-0.25, -0.2) is 9.37 Å².